The first kappa shape index (κ1) is 16.3. The normalized spacial score (nSPS) is 10.5. The van der Waals surface area contributed by atoms with E-state index in [0.29, 0.717) is 21.8 Å². The summed E-state index contributed by atoms with van der Waals surface area (Å²) < 4.78 is 0. The lowest BCUT2D eigenvalue weighted by Gasteiger charge is -2.06. The van der Waals surface area contributed by atoms with E-state index in [-0.39, 0.29) is 5.57 Å². The Morgan fingerprint density at radius 3 is 2.43 bits per heavy atom. The van der Waals surface area contributed by atoms with E-state index in [1.165, 1.54) is 6.08 Å². The topological polar surface area (TPSA) is 76.7 Å². The predicted molar refractivity (Wildman–Crippen MR) is 89.6 cm³/mol. The van der Waals surface area contributed by atoms with Crippen molar-refractivity contribution in [3.05, 3.63) is 69.8 Å². The Hall–Kier alpha value is -3.08. The van der Waals surface area contributed by atoms with Gasteiger partial charge in [-0.15, -0.1) is 0 Å². The predicted octanol–water partition coefficient (Wildman–Crippen LogP) is 4.07. The molecular formula is C18H12ClN3O. The van der Waals surface area contributed by atoms with Crippen LogP contribution in [0.25, 0.3) is 6.08 Å². The number of nitrogens with one attached hydrogen (secondary N) is 1. The molecule has 4 nitrogen and oxygen atoms in total. The number of benzene rings is 2. The van der Waals surface area contributed by atoms with Crippen LogP contribution in [0.4, 0.5) is 5.69 Å². The van der Waals surface area contributed by atoms with E-state index in [0.717, 1.165) is 5.56 Å². The maximum Gasteiger partial charge on any atom is 0.266 e. The standard InChI is InChI=1S/C18H12ClN3O/c1-12-2-7-16(9-17(12)19)22-18(23)15(11-21)8-13-3-5-14(10-20)6-4-13/h2-9H,1H3,(H,22,23). The van der Waals surface area contributed by atoms with Gasteiger partial charge < -0.3 is 5.32 Å². The molecule has 1 N–H and O–H groups in total. The van der Waals surface area contributed by atoms with Crippen LogP contribution in [-0.2, 0) is 4.79 Å². The van der Waals surface area contributed by atoms with Crippen LogP contribution in [0.5, 0.6) is 0 Å². The van der Waals surface area contributed by atoms with Gasteiger partial charge in [0.05, 0.1) is 11.6 Å². The summed E-state index contributed by atoms with van der Waals surface area (Å²) >= 11 is 6.01. The van der Waals surface area contributed by atoms with Gasteiger partial charge in [0.25, 0.3) is 5.91 Å². The lowest BCUT2D eigenvalue weighted by atomic mass is 10.1. The smallest absolute Gasteiger partial charge is 0.266 e. The summed E-state index contributed by atoms with van der Waals surface area (Å²) in [6.07, 6.45) is 1.46. The summed E-state index contributed by atoms with van der Waals surface area (Å²) in [6.45, 7) is 1.86. The number of carbonyl (C=O) groups is 1. The van der Waals surface area contributed by atoms with Gasteiger partial charge in [0.1, 0.15) is 11.6 Å². The summed E-state index contributed by atoms with van der Waals surface area (Å²) in [5.41, 5.74) is 2.56. The molecular weight excluding hydrogens is 310 g/mol. The molecule has 0 aliphatic carbocycles. The van der Waals surface area contributed by atoms with E-state index < -0.39 is 5.91 Å². The second-order valence-corrected chi connectivity index (χ2v) is 5.23. The number of nitriles is 2. The lowest BCUT2D eigenvalue weighted by molar-refractivity contribution is -0.112. The largest absolute Gasteiger partial charge is 0.321 e. The zero-order chi connectivity index (χ0) is 16.8. The summed E-state index contributed by atoms with van der Waals surface area (Å²) in [5, 5.41) is 21.1. The van der Waals surface area contributed by atoms with E-state index in [4.69, 9.17) is 16.9 Å². The molecule has 0 aromatic heterocycles. The quantitative estimate of drug-likeness (QED) is 0.684. The summed E-state index contributed by atoms with van der Waals surface area (Å²) in [7, 11) is 0. The van der Waals surface area contributed by atoms with Crippen LogP contribution in [0.15, 0.2) is 48.0 Å². The molecule has 0 aliphatic heterocycles. The Balaban J connectivity index is 2.20. The highest BCUT2D eigenvalue weighted by Crippen LogP contribution is 2.20. The molecule has 0 bridgehead atoms. The molecule has 0 unspecified atom stereocenters. The van der Waals surface area contributed by atoms with Gasteiger partial charge in [0, 0.05) is 10.7 Å². The first-order valence-electron chi connectivity index (χ1n) is 6.73. The summed E-state index contributed by atoms with van der Waals surface area (Å²) in [6, 6.07) is 15.6. The van der Waals surface area contributed by atoms with Crippen LogP contribution < -0.4 is 5.32 Å². The van der Waals surface area contributed by atoms with Gasteiger partial charge in [0.15, 0.2) is 0 Å². The second-order valence-electron chi connectivity index (χ2n) is 4.82. The van der Waals surface area contributed by atoms with Gasteiger partial charge in [0.2, 0.25) is 0 Å². The average molecular weight is 322 g/mol. The number of halogens is 1. The highest BCUT2D eigenvalue weighted by molar-refractivity contribution is 6.31. The van der Waals surface area contributed by atoms with Crippen molar-refractivity contribution in [3.8, 4) is 12.1 Å². The van der Waals surface area contributed by atoms with E-state index in [9.17, 15) is 10.1 Å². The molecule has 0 radical (unpaired) electrons. The Labute approximate surface area is 139 Å². The van der Waals surface area contributed by atoms with Gasteiger partial charge >= 0.3 is 0 Å². The van der Waals surface area contributed by atoms with Gasteiger partial charge in [-0.05, 0) is 48.4 Å². The fourth-order valence-corrected chi connectivity index (χ4v) is 2.02. The zero-order valence-corrected chi connectivity index (χ0v) is 13.1. The molecule has 2 aromatic carbocycles. The van der Waals surface area contributed by atoms with Crippen LogP contribution in [0.3, 0.4) is 0 Å². The molecule has 0 aliphatic rings. The second kappa shape index (κ2) is 7.26. The summed E-state index contributed by atoms with van der Waals surface area (Å²) in [4.78, 5) is 12.2. The number of carbonyl (C=O) groups excluding carboxylic acids is 1. The molecule has 5 heteroatoms. The minimum absolute atomic E-state index is 0.0357. The van der Waals surface area contributed by atoms with Crippen LogP contribution in [0, 0.1) is 29.6 Å². The van der Waals surface area contributed by atoms with Crippen LogP contribution >= 0.6 is 11.6 Å². The van der Waals surface area contributed by atoms with Crippen LogP contribution in [0.2, 0.25) is 5.02 Å². The van der Waals surface area contributed by atoms with E-state index in [1.54, 1.807) is 42.5 Å². The van der Waals surface area contributed by atoms with E-state index in [1.807, 2.05) is 19.1 Å². The monoisotopic (exact) mass is 321 g/mol. The summed E-state index contributed by atoms with van der Waals surface area (Å²) in [5.74, 6) is -0.517. The number of amides is 1. The van der Waals surface area contributed by atoms with E-state index in [2.05, 4.69) is 5.32 Å². The average Bonchev–Trinajstić information content (AvgIpc) is 2.56. The Bertz CT molecular complexity index is 855. The zero-order valence-electron chi connectivity index (χ0n) is 12.3. The first-order chi connectivity index (χ1) is 11.0. The molecule has 0 saturated heterocycles. The van der Waals surface area contributed by atoms with Crippen molar-refractivity contribution in [1.82, 2.24) is 0 Å². The fraction of sp³-hybridized carbons (Fsp3) is 0.0556. The Kier molecular flexibility index (Phi) is 5.15. The Morgan fingerprint density at radius 2 is 1.87 bits per heavy atom. The van der Waals surface area contributed by atoms with Crippen molar-refractivity contribution in [2.75, 3.05) is 5.32 Å². The minimum Gasteiger partial charge on any atom is -0.321 e. The molecule has 0 fully saturated rings. The van der Waals surface area contributed by atoms with Crippen molar-refractivity contribution in [1.29, 1.82) is 10.5 Å². The molecule has 1 amide bonds. The van der Waals surface area contributed by atoms with Gasteiger partial charge in [-0.3, -0.25) is 4.79 Å². The third-order valence-electron chi connectivity index (χ3n) is 3.15. The van der Waals surface area contributed by atoms with Crippen LogP contribution in [-0.4, -0.2) is 5.91 Å². The number of anilines is 1. The lowest BCUT2D eigenvalue weighted by Crippen LogP contribution is -2.13. The van der Waals surface area contributed by atoms with Crippen molar-refractivity contribution in [2.45, 2.75) is 6.92 Å². The van der Waals surface area contributed by atoms with E-state index >= 15 is 0 Å². The number of nitrogens with zero attached hydrogens (tertiary/aromatic N) is 2. The SMILES string of the molecule is Cc1ccc(NC(=O)C(C#N)=Cc2ccc(C#N)cc2)cc1Cl. The molecule has 0 atom stereocenters. The van der Waals surface area contributed by atoms with Crippen molar-refractivity contribution in [2.24, 2.45) is 0 Å². The molecule has 2 aromatic rings. The van der Waals surface area contributed by atoms with Crippen molar-refractivity contribution >= 4 is 29.3 Å². The molecule has 0 heterocycles. The molecule has 0 spiro atoms. The maximum absolute atomic E-state index is 12.2. The van der Waals surface area contributed by atoms with Gasteiger partial charge in [-0.2, -0.15) is 10.5 Å². The maximum atomic E-state index is 12.2. The van der Waals surface area contributed by atoms with Gasteiger partial charge in [-0.1, -0.05) is 29.8 Å². The van der Waals surface area contributed by atoms with Crippen molar-refractivity contribution < 1.29 is 4.79 Å². The third-order valence-corrected chi connectivity index (χ3v) is 3.55. The van der Waals surface area contributed by atoms with Crippen molar-refractivity contribution in [3.63, 3.8) is 0 Å². The highest BCUT2D eigenvalue weighted by atomic mass is 35.5. The molecule has 0 saturated carbocycles. The number of rotatable bonds is 3. The number of hydrogen-bond acceptors (Lipinski definition) is 3. The molecule has 23 heavy (non-hydrogen) atoms. The van der Waals surface area contributed by atoms with Crippen LogP contribution in [0.1, 0.15) is 16.7 Å². The van der Waals surface area contributed by atoms with Gasteiger partial charge in [-0.25, -0.2) is 0 Å². The first-order valence-corrected chi connectivity index (χ1v) is 7.11. The fourth-order valence-electron chi connectivity index (χ4n) is 1.84. The number of hydrogen-bond donors (Lipinski definition) is 1. The highest BCUT2D eigenvalue weighted by Gasteiger charge is 2.10. The Morgan fingerprint density at radius 1 is 1.17 bits per heavy atom. The minimum atomic E-state index is -0.517. The third kappa shape index (κ3) is 4.20. The molecule has 2 rings (SSSR count). The number of aryl methyl sites for hydroxylation is 1. The molecule has 112 valence electrons.